The summed E-state index contributed by atoms with van der Waals surface area (Å²) in [5.74, 6) is -1.62. The van der Waals surface area contributed by atoms with Crippen molar-refractivity contribution in [1.29, 1.82) is 0 Å². The van der Waals surface area contributed by atoms with E-state index in [1.165, 1.54) is 25.3 Å². The Morgan fingerprint density at radius 2 is 1.90 bits per heavy atom. The van der Waals surface area contributed by atoms with Gasteiger partial charge in [0.15, 0.2) is 0 Å². The Hall–Kier alpha value is -2.21. The molecule has 0 radical (unpaired) electrons. The molecule has 0 saturated carbocycles. The summed E-state index contributed by atoms with van der Waals surface area (Å²) in [7, 11) is 1.25. The van der Waals surface area contributed by atoms with Crippen LogP contribution in [0.5, 0.6) is 0 Å². The van der Waals surface area contributed by atoms with Crippen molar-refractivity contribution in [2.75, 3.05) is 12.4 Å². The first-order chi connectivity index (χ1) is 10.0. The summed E-state index contributed by atoms with van der Waals surface area (Å²) in [5.41, 5.74) is 0.667. The molecular weight excluding hydrogens is 341 g/mol. The van der Waals surface area contributed by atoms with Crippen molar-refractivity contribution >= 4 is 33.5 Å². The number of ether oxygens (including phenoxy) is 1. The number of anilines is 1. The highest BCUT2D eigenvalue weighted by Crippen LogP contribution is 2.19. The van der Waals surface area contributed by atoms with Crippen LogP contribution >= 0.6 is 15.9 Å². The Balaban J connectivity index is 2.30. The second kappa shape index (κ2) is 6.49. The van der Waals surface area contributed by atoms with Crippen LogP contribution in [0.25, 0.3) is 0 Å². The van der Waals surface area contributed by atoms with Crippen LogP contribution in [0.1, 0.15) is 20.7 Å². The summed E-state index contributed by atoms with van der Waals surface area (Å²) in [5, 5.41) is 2.57. The van der Waals surface area contributed by atoms with Crippen LogP contribution in [0.15, 0.2) is 46.9 Å². The number of carbonyl (C=O) groups excluding carboxylic acids is 2. The van der Waals surface area contributed by atoms with Crippen molar-refractivity contribution in [2.24, 2.45) is 0 Å². The molecule has 0 aliphatic rings. The van der Waals surface area contributed by atoms with Gasteiger partial charge in [-0.05, 0) is 30.3 Å². The van der Waals surface area contributed by atoms with Crippen molar-refractivity contribution < 1.29 is 18.7 Å². The average Bonchev–Trinajstić information content (AvgIpc) is 2.46. The number of carbonyl (C=O) groups is 2. The van der Waals surface area contributed by atoms with Crippen molar-refractivity contribution in [3.63, 3.8) is 0 Å². The molecule has 2 aromatic rings. The summed E-state index contributed by atoms with van der Waals surface area (Å²) >= 11 is 3.12. The van der Waals surface area contributed by atoms with E-state index in [1.54, 1.807) is 18.2 Å². The second-order valence-corrected chi connectivity index (χ2v) is 5.07. The third kappa shape index (κ3) is 3.66. The first-order valence-corrected chi connectivity index (χ1v) is 6.75. The summed E-state index contributed by atoms with van der Waals surface area (Å²) in [6.07, 6.45) is 0. The molecule has 0 atom stereocenters. The molecule has 0 bridgehead atoms. The minimum absolute atomic E-state index is 0.140. The molecule has 0 fully saturated rings. The standard InChI is InChI=1S/C15H11BrFNO3/c1-21-15(20)12-4-2-3-5-13(12)18-14(19)9-6-10(16)8-11(17)7-9/h2-8H,1H3,(H,18,19). The summed E-state index contributed by atoms with van der Waals surface area (Å²) < 4.78 is 18.4. The molecule has 1 N–H and O–H groups in total. The smallest absolute Gasteiger partial charge is 0.339 e. The molecule has 2 rings (SSSR count). The Morgan fingerprint density at radius 3 is 2.57 bits per heavy atom. The molecule has 108 valence electrons. The van der Waals surface area contributed by atoms with Gasteiger partial charge in [0.05, 0.1) is 18.4 Å². The van der Waals surface area contributed by atoms with E-state index in [4.69, 9.17) is 0 Å². The van der Waals surface area contributed by atoms with Crippen molar-refractivity contribution in [3.8, 4) is 0 Å². The number of benzene rings is 2. The van der Waals surface area contributed by atoms with E-state index in [0.29, 0.717) is 10.2 Å². The molecule has 0 unspecified atom stereocenters. The van der Waals surface area contributed by atoms with Gasteiger partial charge in [-0.15, -0.1) is 0 Å². The normalized spacial score (nSPS) is 10.0. The van der Waals surface area contributed by atoms with Crippen LogP contribution in [0.4, 0.5) is 10.1 Å². The maximum absolute atomic E-state index is 13.3. The number of methoxy groups -OCH3 is 1. The Kier molecular flexibility index (Phi) is 4.70. The fourth-order valence-electron chi connectivity index (χ4n) is 1.76. The lowest BCUT2D eigenvalue weighted by atomic mass is 10.1. The topological polar surface area (TPSA) is 55.4 Å². The number of para-hydroxylation sites is 1. The van der Waals surface area contributed by atoms with E-state index in [0.717, 1.165) is 6.07 Å². The monoisotopic (exact) mass is 351 g/mol. The number of halogens is 2. The lowest BCUT2D eigenvalue weighted by Gasteiger charge is -2.10. The van der Waals surface area contributed by atoms with Gasteiger partial charge in [-0.3, -0.25) is 4.79 Å². The van der Waals surface area contributed by atoms with E-state index < -0.39 is 17.7 Å². The van der Waals surface area contributed by atoms with Crippen LogP contribution in [0.2, 0.25) is 0 Å². The molecule has 6 heteroatoms. The van der Waals surface area contributed by atoms with Gasteiger partial charge in [0.25, 0.3) is 5.91 Å². The SMILES string of the molecule is COC(=O)c1ccccc1NC(=O)c1cc(F)cc(Br)c1. The first kappa shape index (κ1) is 15.2. The molecule has 0 heterocycles. The lowest BCUT2D eigenvalue weighted by molar-refractivity contribution is 0.0602. The molecule has 2 aromatic carbocycles. The van der Waals surface area contributed by atoms with Gasteiger partial charge in [0.2, 0.25) is 0 Å². The number of rotatable bonds is 3. The molecule has 4 nitrogen and oxygen atoms in total. The molecule has 0 spiro atoms. The summed E-state index contributed by atoms with van der Waals surface area (Å²) in [4.78, 5) is 23.8. The fourth-order valence-corrected chi connectivity index (χ4v) is 2.22. The molecule has 0 saturated heterocycles. The summed E-state index contributed by atoms with van der Waals surface area (Å²) in [6, 6.07) is 10.3. The fraction of sp³-hybridized carbons (Fsp3) is 0.0667. The third-order valence-electron chi connectivity index (χ3n) is 2.71. The molecule has 21 heavy (non-hydrogen) atoms. The zero-order valence-corrected chi connectivity index (χ0v) is 12.6. The third-order valence-corrected chi connectivity index (χ3v) is 3.16. The number of esters is 1. The van der Waals surface area contributed by atoms with E-state index >= 15 is 0 Å². The highest BCUT2D eigenvalue weighted by Gasteiger charge is 2.15. The van der Waals surface area contributed by atoms with Crippen molar-refractivity contribution in [3.05, 3.63) is 63.9 Å². The zero-order valence-electron chi connectivity index (χ0n) is 11.0. The highest BCUT2D eigenvalue weighted by molar-refractivity contribution is 9.10. The predicted molar refractivity (Wildman–Crippen MR) is 79.8 cm³/mol. The minimum atomic E-state index is -0.564. The Labute approximate surface area is 129 Å². The second-order valence-electron chi connectivity index (χ2n) is 4.15. The maximum atomic E-state index is 13.3. The largest absolute Gasteiger partial charge is 0.465 e. The average molecular weight is 352 g/mol. The first-order valence-electron chi connectivity index (χ1n) is 5.96. The molecular formula is C15H11BrFNO3. The Bertz CT molecular complexity index is 683. The van der Waals surface area contributed by atoms with Gasteiger partial charge in [-0.2, -0.15) is 0 Å². The molecule has 0 aromatic heterocycles. The molecule has 0 aliphatic heterocycles. The zero-order chi connectivity index (χ0) is 15.4. The number of amides is 1. The van der Waals surface area contributed by atoms with Gasteiger partial charge in [0.1, 0.15) is 5.82 Å². The minimum Gasteiger partial charge on any atom is -0.465 e. The lowest BCUT2D eigenvalue weighted by Crippen LogP contribution is -2.15. The van der Waals surface area contributed by atoms with Gasteiger partial charge >= 0.3 is 5.97 Å². The maximum Gasteiger partial charge on any atom is 0.339 e. The quantitative estimate of drug-likeness (QED) is 0.859. The van der Waals surface area contributed by atoms with Gasteiger partial charge in [-0.25, -0.2) is 9.18 Å². The van der Waals surface area contributed by atoms with E-state index in [9.17, 15) is 14.0 Å². The van der Waals surface area contributed by atoms with Crippen LogP contribution in [-0.2, 0) is 4.74 Å². The number of hydrogen-bond acceptors (Lipinski definition) is 3. The van der Waals surface area contributed by atoms with Crippen LogP contribution in [-0.4, -0.2) is 19.0 Å². The molecule has 0 aliphatic carbocycles. The summed E-state index contributed by atoms with van der Waals surface area (Å²) in [6.45, 7) is 0. The van der Waals surface area contributed by atoms with Crippen molar-refractivity contribution in [2.45, 2.75) is 0 Å². The van der Waals surface area contributed by atoms with E-state index in [1.807, 2.05) is 0 Å². The molecule has 1 amide bonds. The van der Waals surface area contributed by atoms with Crippen LogP contribution in [0, 0.1) is 5.82 Å². The number of hydrogen-bond donors (Lipinski definition) is 1. The highest BCUT2D eigenvalue weighted by atomic mass is 79.9. The van der Waals surface area contributed by atoms with Gasteiger partial charge in [-0.1, -0.05) is 28.1 Å². The Morgan fingerprint density at radius 1 is 1.19 bits per heavy atom. The number of nitrogens with one attached hydrogen (secondary N) is 1. The van der Waals surface area contributed by atoms with Crippen LogP contribution in [0.3, 0.4) is 0 Å². The van der Waals surface area contributed by atoms with E-state index in [2.05, 4.69) is 26.0 Å². The van der Waals surface area contributed by atoms with Gasteiger partial charge in [0, 0.05) is 10.0 Å². The predicted octanol–water partition coefficient (Wildman–Crippen LogP) is 3.63. The van der Waals surface area contributed by atoms with Crippen LogP contribution < -0.4 is 5.32 Å². The van der Waals surface area contributed by atoms with Crippen molar-refractivity contribution in [1.82, 2.24) is 0 Å². The van der Waals surface area contributed by atoms with E-state index in [-0.39, 0.29) is 11.1 Å². The van der Waals surface area contributed by atoms with Gasteiger partial charge < -0.3 is 10.1 Å².